The van der Waals surface area contributed by atoms with E-state index in [1.807, 2.05) is 24.3 Å². The van der Waals surface area contributed by atoms with Gasteiger partial charge in [0.15, 0.2) is 0 Å². The molecule has 128 valence electrons. The topological polar surface area (TPSA) is 35.9 Å². The molecule has 1 N–H and O–H groups in total. The predicted octanol–water partition coefficient (Wildman–Crippen LogP) is 2.42. The van der Waals surface area contributed by atoms with Crippen LogP contribution in [0.3, 0.4) is 0 Å². The van der Waals surface area contributed by atoms with E-state index in [-0.39, 0.29) is 0 Å². The molecule has 3 rings (SSSR count). The number of benzene rings is 1. The van der Waals surface area contributed by atoms with E-state index in [9.17, 15) is 5.11 Å². The molecule has 0 amide bonds. The van der Waals surface area contributed by atoms with E-state index >= 15 is 0 Å². The molecular weight excluding hydrogens is 312 g/mol. The minimum Gasteiger partial charge on any atom is -0.387 e. The minimum absolute atomic E-state index is 0.508. The van der Waals surface area contributed by atoms with Gasteiger partial charge < -0.3 is 14.7 Å². The van der Waals surface area contributed by atoms with Gasteiger partial charge in [-0.2, -0.15) is 0 Å². The molecule has 0 saturated carbocycles. The zero-order chi connectivity index (χ0) is 16.1. The molecule has 0 aromatic heterocycles. The van der Waals surface area contributed by atoms with E-state index in [0.717, 1.165) is 51.5 Å². The molecule has 2 fully saturated rings. The second-order valence-electron chi connectivity index (χ2n) is 6.72. The molecule has 1 aromatic rings. The van der Waals surface area contributed by atoms with Crippen LogP contribution in [0.25, 0.3) is 0 Å². The number of halogens is 1. The third-order valence-corrected chi connectivity index (χ3v) is 5.26. The number of likely N-dealkylation sites (tertiary alicyclic amines) is 1. The molecule has 2 atom stereocenters. The Hall–Kier alpha value is -0.650. The molecule has 2 aliphatic heterocycles. The van der Waals surface area contributed by atoms with Crippen molar-refractivity contribution in [2.24, 2.45) is 5.92 Å². The summed E-state index contributed by atoms with van der Waals surface area (Å²) in [5, 5.41) is 11.2. The number of nitrogens with zero attached hydrogens (tertiary/aromatic N) is 2. The predicted molar refractivity (Wildman–Crippen MR) is 92.8 cm³/mol. The van der Waals surface area contributed by atoms with Crippen molar-refractivity contribution in [1.29, 1.82) is 0 Å². The van der Waals surface area contributed by atoms with Crippen molar-refractivity contribution in [2.45, 2.75) is 18.9 Å². The highest BCUT2D eigenvalue weighted by atomic mass is 35.5. The lowest BCUT2D eigenvalue weighted by atomic mass is 9.96. The van der Waals surface area contributed by atoms with Crippen molar-refractivity contribution in [1.82, 2.24) is 9.80 Å². The van der Waals surface area contributed by atoms with Gasteiger partial charge in [-0.25, -0.2) is 0 Å². The Bertz CT molecular complexity index is 494. The van der Waals surface area contributed by atoms with Gasteiger partial charge in [-0.15, -0.1) is 0 Å². The van der Waals surface area contributed by atoms with Gasteiger partial charge in [-0.05, 0) is 31.4 Å². The minimum atomic E-state index is -0.508. The molecule has 0 bridgehead atoms. The monoisotopic (exact) mass is 338 g/mol. The Labute approximate surface area is 144 Å². The van der Waals surface area contributed by atoms with Crippen LogP contribution in [0.4, 0.5) is 0 Å². The smallest absolute Gasteiger partial charge is 0.0931 e. The van der Waals surface area contributed by atoms with Gasteiger partial charge in [0.05, 0.1) is 19.3 Å². The summed E-state index contributed by atoms with van der Waals surface area (Å²) < 4.78 is 5.43. The first kappa shape index (κ1) is 17.2. The van der Waals surface area contributed by atoms with Crippen LogP contribution in [0, 0.1) is 5.92 Å². The zero-order valence-electron chi connectivity index (χ0n) is 13.7. The summed E-state index contributed by atoms with van der Waals surface area (Å²) >= 11 is 6.20. The fourth-order valence-corrected chi connectivity index (χ4v) is 3.96. The van der Waals surface area contributed by atoms with E-state index in [1.165, 1.54) is 12.8 Å². The Morgan fingerprint density at radius 2 is 1.96 bits per heavy atom. The second kappa shape index (κ2) is 8.45. The number of hydrogen-bond acceptors (Lipinski definition) is 4. The molecule has 0 radical (unpaired) electrons. The van der Waals surface area contributed by atoms with Crippen molar-refractivity contribution in [3.8, 4) is 0 Å². The summed E-state index contributed by atoms with van der Waals surface area (Å²) in [5.41, 5.74) is 0.837. The van der Waals surface area contributed by atoms with E-state index in [0.29, 0.717) is 17.5 Å². The fraction of sp³-hybridized carbons (Fsp3) is 0.667. The molecule has 2 saturated heterocycles. The third-order valence-electron chi connectivity index (χ3n) is 4.92. The first-order chi connectivity index (χ1) is 11.2. The van der Waals surface area contributed by atoms with Crippen molar-refractivity contribution < 1.29 is 9.84 Å². The fourth-order valence-electron chi connectivity index (χ4n) is 3.70. The van der Waals surface area contributed by atoms with Crippen molar-refractivity contribution in [3.63, 3.8) is 0 Å². The molecule has 23 heavy (non-hydrogen) atoms. The summed E-state index contributed by atoms with van der Waals surface area (Å²) in [6.45, 7) is 7.80. The summed E-state index contributed by atoms with van der Waals surface area (Å²) in [6, 6.07) is 7.60. The molecule has 1 aromatic carbocycles. The standard InChI is InChI=1S/C18H27ClN2O2/c19-17-6-2-1-5-16(17)18(22)14-21-7-3-4-15(13-21)12-20-8-10-23-11-9-20/h1-2,5-6,15,18,22H,3-4,7-14H2. The molecule has 5 heteroatoms. The Balaban J connectivity index is 1.51. The van der Waals surface area contributed by atoms with Crippen molar-refractivity contribution in [2.75, 3.05) is 52.5 Å². The lowest BCUT2D eigenvalue weighted by Gasteiger charge is -2.37. The number of aliphatic hydroxyl groups excluding tert-OH is 1. The van der Waals surface area contributed by atoms with Gasteiger partial charge in [-0.3, -0.25) is 4.90 Å². The Morgan fingerprint density at radius 3 is 2.74 bits per heavy atom. The third kappa shape index (κ3) is 4.91. The normalized spacial score (nSPS) is 25.4. The molecule has 2 heterocycles. The van der Waals surface area contributed by atoms with Crippen LogP contribution < -0.4 is 0 Å². The lowest BCUT2D eigenvalue weighted by molar-refractivity contribution is 0.0187. The van der Waals surface area contributed by atoms with Gasteiger partial charge in [0.1, 0.15) is 0 Å². The average Bonchev–Trinajstić information content (AvgIpc) is 2.56. The number of aliphatic hydroxyl groups is 1. The van der Waals surface area contributed by atoms with E-state index in [1.54, 1.807) is 0 Å². The molecule has 0 aliphatic carbocycles. The van der Waals surface area contributed by atoms with Crippen LogP contribution in [0.5, 0.6) is 0 Å². The average molecular weight is 339 g/mol. The molecule has 0 spiro atoms. The SMILES string of the molecule is OC(CN1CCCC(CN2CCOCC2)C1)c1ccccc1Cl. The van der Waals surface area contributed by atoms with Crippen LogP contribution in [0.15, 0.2) is 24.3 Å². The van der Waals surface area contributed by atoms with Crippen LogP contribution in [-0.2, 0) is 4.74 Å². The maximum Gasteiger partial charge on any atom is 0.0931 e. The first-order valence-corrected chi connectivity index (χ1v) is 9.05. The second-order valence-corrected chi connectivity index (χ2v) is 7.13. The summed E-state index contributed by atoms with van der Waals surface area (Å²) in [4.78, 5) is 4.91. The largest absolute Gasteiger partial charge is 0.387 e. The van der Waals surface area contributed by atoms with Crippen LogP contribution in [0.1, 0.15) is 24.5 Å². The molecular formula is C18H27ClN2O2. The van der Waals surface area contributed by atoms with E-state index in [4.69, 9.17) is 16.3 Å². The van der Waals surface area contributed by atoms with Gasteiger partial charge >= 0.3 is 0 Å². The number of rotatable bonds is 5. The molecule has 2 unspecified atom stereocenters. The van der Waals surface area contributed by atoms with Gasteiger partial charge in [-0.1, -0.05) is 29.8 Å². The Kier molecular flexibility index (Phi) is 6.31. The van der Waals surface area contributed by atoms with Crippen LogP contribution >= 0.6 is 11.6 Å². The quantitative estimate of drug-likeness (QED) is 0.894. The number of piperidine rings is 1. The van der Waals surface area contributed by atoms with E-state index in [2.05, 4.69) is 9.80 Å². The lowest BCUT2D eigenvalue weighted by Crippen LogP contribution is -2.45. The highest BCUT2D eigenvalue weighted by Gasteiger charge is 2.25. The van der Waals surface area contributed by atoms with Crippen molar-refractivity contribution >= 4 is 11.6 Å². The van der Waals surface area contributed by atoms with Crippen molar-refractivity contribution in [3.05, 3.63) is 34.9 Å². The van der Waals surface area contributed by atoms with Crippen LogP contribution in [0.2, 0.25) is 5.02 Å². The number of hydrogen-bond donors (Lipinski definition) is 1. The summed E-state index contributed by atoms with van der Waals surface area (Å²) in [7, 11) is 0. The highest BCUT2D eigenvalue weighted by molar-refractivity contribution is 6.31. The Morgan fingerprint density at radius 1 is 1.17 bits per heavy atom. The van der Waals surface area contributed by atoms with Gasteiger partial charge in [0.25, 0.3) is 0 Å². The maximum absolute atomic E-state index is 10.5. The first-order valence-electron chi connectivity index (χ1n) is 8.67. The van der Waals surface area contributed by atoms with E-state index < -0.39 is 6.10 Å². The van der Waals surface area contributed by atoms with Crippen LogP contribution in [-0.4, -0.2) is 67.4 Å². The van der Waals surface area contributed by atoms with Gasteiger partial charge in [0, 0.05) is 43.3 Å². The molecule has 4 nitrogen and oxygen atoms in total. The zero-order valence-corrected chi connectivity index (χ0v) is 14.4. The molecule has 2 aliphatic rings. The maximum atomic E-state index is 10.5. The van der Waals surface area contributed by atoms with Gasteiger partial charge in [0.2, 0.25) is 0 Å². The summed E-state index contributed by atoms with van der Waals surface area (Å²) in [5.74, 6) is 0.695. The highest BCUT2D eigenvalue weighted by Crippen LogP contribution is 2.25. The number of ether oxygens (including phenoxy) is 1. The number of morpholine rings is 1. The number of β-amino-alcohol motifs (C(OH)–C–C–N with tert-alkyl or cyclic N) is 1. The summed E-state index contributed by atoms with van der Waals surface area (Å²) in [6.07, 6.45) is 1.99.